The zero-order chi connectivity index (χ0) is 10.8. The molecule has 7 heteroatoms. The van der Waals surface area contributed by atoms with E-state index >= 15 is 0 Å². The molecule has 0 bridgehead atoms. The van der Waals surface area contributed by atoms with E-state index in [1.807, 2.05) is 0 Å². The van der Waals surface area contributed by atoms with Crippen LogP contribution in [0.2, 0.25) is 0 Å². The third-order valence-electron chi connectivity index (χ3n) is 1.67. The summed E-state index contributed by atoms with van der Waals surface area (Å²) in [5, 5.41) is 8.48. The minimum absolute atomic E-state index is 0. The first-order valence-corrected chi connectivity index (χ1v) is 3.76. The molecule has 0 aliphatic rings. The first kappa shape index (κ1) is 15.0. The summed E-state index contributed by atoms with van der Waals surface area (Å²) < 4.78 is 41.6. The normalized spacial score (nSPS) is 10.1. The number of ether oxygens (including phenoxy) is 1. The van der Waals surface area contributed by atoms with E-state index in [0.717, 1.165) is 12.1 Å². The van der Waals surface area contributed by atoms with Gasteiger partial charge >= 0.3 is 58.4 Å². The summed E-state index contributed by atoms with van der Waals surface area (Å²) in [6.07, 6.45) is 0. The van der Waals surface area contributed by atoms with Gasteiger partial charge in [0.05, 0.1) is 18.7 Å². The predicted octanol–water partition coefficient (Wildman–Crippen LogP) is -1.37. The van der Waals surface area contributed by atoms with Crippen LogP contribution < -0.4 is 61.6 Å². The molecule has 1 aromatic rings. The molecule has 15 heavy (non-hydrogen) atoms. The van der Waals surface area contributed by atoms with Crippen molar-refractivity contribution < 1.29 is 69.1 Å². The molecule has 0 unspecified atom stereocenters. The van der Waals surface area contributed by atoms with E-state index in [1.165, 1.54) is 13.2 Å². The molecule has 0 fully saturated rings. The van der Waals surface area contributed by atoms with E-state index in [2.05, 4.69) is 4.74 Å². The predicted molar refractivity (Wildman–Crippen MR) is 46.4 cm³/mol. The first-order valence-electron chi connectivity index (χ1n) is 3.76. The Hall–Kier alpha value is 0.00130. The molecule has 0 aliphatic carbocycles. The van der Waals surface area contributed by atoms with Crippen LogP contribution in [0.15, 0.2) is 18.2 Å². The number of hydrogen-bond acceptors (Lipinski definition) is 2. The SMILES string of the molecule is COc1cc(C#N)cc([B-](F)(F)F)c1.[K+]. The number of methoxy groups -OCH3 is 1. The second-order valence-electron chi connectivity index (χ2n) is 2.68. The number of rotatable bonds is 2. The molecule has 0 aromatic heterocycles. The van der Waals surface area contributed by atoms with Crippen molar-refractivity contribution in [2.45, 2.75) is 0 Å². The number of nitrogens with zero attached hydrogens (tertiary/aromatic N) is 1. The summed E-state index contributed by atoms with van der Waals surface area (Å²) >= 11 is 0. The largest absolute Gasteiger partial charge is 1.00 e. The summed E-state index contributed by atoms with van der Waals surface area (Å²) in [5.74, 6) is 0.0400. The van der Waals surface area contributed by atoms with Crippen molar-refractivity contribution in [2.75, 3.05) is 7.11 Å². The monoisotopic (exact) mass is 239 g/mol. The molecule has 0 atom stereocenters. The first-order chi connectivity index (χ1) is 6.47. The topological polar surface area (TPSA) is 33.0 Å². The molecule has 0 amide bonds. The maximum Gasteiger partial charge on any atom is 1.00 e. The zero-order valence-corrected chi connectivity index (χ0v) is 11.4. The minimum Gasteiger partial charge on any atom is -0.497 e. The van der Waals surface area contributed by atoms with Gasteiger partial charge in [0.25, 0.3) is 0 Å². The fourth-order valence-electron chi connectivity index (χ4n) is 0.993. The van der Waals surface area contributed by atoms with Crippen molar-refractivity contribution >= 4 is 12.4 Å². The second kappa shape index (κ2) is 5.92. The van der Waals surface area contributed by atoms with Gasteiger partial charge in [0.1, 0.15) is 5.75 Å². The molecule has 0 saturated heterocycles. The van der Waals surface area contributed by atoms with Crippen LogP contribution in [0.5, 0.6) is 5.75 Å². The second-order valence-corrected chi connectivity index (χ2v) is 2.68. The van der Waals surface area contributed by atoms with Crippen LogP contribution in [0.4, 0.5) is 12.9 Å². The van der Waals surface area contributed by atoms with Crippen molar-refractivity contribution in [3.8, 4) is 11.8 Å². The fraction of sp³-hybridized carbons (Fsp3) is 0.125. The van der Waals surface area contributed by atoms with Gasteiger partial charge in [0.2, 0.25) is 0 Å². The Balaban J connectivity index is 0.00000196. The Morgan fingerprint density at radius 2 is 1.87 bits per heavy atom. The fourth-order valence-corrected chi connectivity index (χ4v) is 0.993. The summed E-state index contributed by atoms with van der Waals surface area (Å²) in [6, 6.07) is 4.58. The van der Waals surface area contributed by atoms with Gasteiger partial charge in [-0.05, 0) is 12.1 Å². The number of halogens is 3. The van der Waals surface area contributed by atoms with Crippen molar-refractivity contribution in [1.82, 2.24) is 0 Å². The van der Waals surface area contributed by atoms with E-state index in [0.29, 0.717) is 0 Å². The van der Waals surface area contributed by atoms with Crippen molar-refractivity contribution in [3.63, 3.8) is 0 Å². The van der Waals surface area contributed by atoms with Gasteiger partial charge in [0, 0.05) is 0 Å². The summed E-state index contributed by atoms with van der Waals surface area (Å²) in [7, 11) is 1.25. The molecular formula is C8H6BF3KNO. The van der Waals surface area contributed by atoms with Crippen LogP contribution in [-0.2, 0) is 0 Å². The molecule has 0 saturated carbocycles. The van der Waals surface area contributed by atoms with Crippen molar-refractivity contribution in [2.24, 2.45) is 0 Å². The van der Waals surface area contributed by atoms with Crippen LogP contribution >= 0.6 is 0 Å². The van der Waals surface area contributed by atoms with E-state index in [9.17, 15) is 12.9 Å². The van der Waals surface area contributed by atoms with Crippen molar-refractivity contribution in [3.05, 3.63) is 23.8 Å². The van der Waals surface area contributed by atoms with Crippen LogP contribution in [0.3, 0.4) is 0 Å². The van der Waals surface area contributed by atoms with Crippen molar-refractivity contribution in [1.29, 1.82) is 5.26 Å². The molecule has 0 N–H and O–H groups in total. The zero-order valence-electron chi connectivity index (χ0n) is 8.30. The summed E-state index contributed by atoms with van der Waals surface area (Å²) in [4.78, 5) is 0. The van der Waals surface area contributed by atoms with Gasteiger partial charge in [-0.15, -0.1) is 5.46 Å². The molecular weight excluding hydrogens is 233 g/mol. The smallest absolute Gasteiger partial charge is 0.497 e. The Morgan fingerprint density at radius 3 is 2.27 bits per heavy atom. The number of nitriles is 1. The van der Waals surface area contributed by atoms with Crippen LogP contribution in [0.1, 0.15) is 5.56 Å². The van der Waals surface area contributed by atoms with Gasteiger partial charge in [-0.2, -0.15) is 5.26 Å². The molecule has 0 radical (unpaired) electrons. The Bertz CT molecular complexity index is 388. The van der Waals surface area contributed by atoms with Crippen LogP contribution in [-0.4, -0.2) is 14.1 Å². The van der Waals surface area contributed by atoms with E-state index < -0.39 is 12.4 Å². The molecule has 0 aliphatic heterocycles. The van der Waals surface area contributed by atoms with Gasteiger partial charge in [-0.25, -0.2) is 0 Å². The van der Waals surface area contributed by atoms with Crippen LogP contribution in [0.25, 0.3) is 0 Å². The quantitative estimate of drug-likeness (QED) is 0.596. The summed E-state index contributed by atoms with van der Waals surface area (Å²) in [6.45, 7) is -5.09. The third kappa shape index (κ3) is 4.17. The maximum atomic E-state index is 12.3. The third-order valence-corrected chi connectivity index (χ3v) is 1.67. The number of hydrogen-bond donors (Lipinski definition) is 0. The standard InChI is InChI=1S/C8H6BF3NO.K/c1-14-8-3-6(5-13)2-7(4-8)9(10,11)12;/h2-4H,1H3;/q-1;+1. The minimum atomic E-state index is -5.09. The molecule has 2 nitrogen and oxygen atoms in total. The Kier molecular flexibility index (Phi) is 5.92. The molecule has 0 spiro atoms. The van der Waals surface area contributed by atoms with E-state index in [4.69, 9.17) is 5.26 Å². The Morgan fingerprint density at radius 1 is 1.27 bits per heavy atom. The van der Waals surface area contributed by atoms with Gasteiger partial charge in [-0.3, -0.25) is 0 Å². The average Bonchev–Trinajstić information content (AvgIpc) is 2.15. The maximum absolute atomic E-state index is 12.3. The number of benzene rings is 1. The van der Waals surface area contributed by atoms with E-state index in [-0.39, 0.29) is 62.7 Å². The van der Waals surface area contributed by atoms with Gasteiger partial charge < -0.3 is 17.7 Å². The van der Waals surface area contributed by atoms with Gasteiger partial charge in [0.15, 0.2) is 0 Å². The Labute approximate surface area is 128 Å². The van der Waals surface area contributed by atoms with Crippen LogP contribution in [0, 0.1) is 11.3 Å². The van der Waals surface area contributed by atoms with Gasteiger partial charge in [-0.1, -0.05) is 6.07 Å². The summed E-state index contributed by atoms with van der Waals surface area (Å²) in [5.41, 5.74) is -0.876. The molecule has 74 valence electrons. The van der Waals surface area contributed by atoms with E-state index in [1.54, 1.807) is 6.07 Å². The average molecular weight is 239 g/mol. The molecule has 1 rings (SSSR count). The molecule has 1 aromatic carbocycles. The molecule has 0 heterocycles.